The van der Waals surface area contributed by atoms with Crippen LogP contribution < -0.4 is 4.90 Å². The third kappa shape index (κ3) is 3.74. The van der Waals surface area contributed by atoms with Crippen LogP contribution in [0.15, 0.2) is 54.2 Å². The number of carbonyl (C=O) groups excluding carboxylic acids is 2. The Balaban J connectivity index is 1.74. The minimum atomic E-state index is -0.398. The van der Waals surface area contributed by atoms with Gasteiger partial charge in [-0.05, 0) is 42.3 Å². The highest BCUT2D eigenvalue weighted by Crippen LogP contribution is 2.35. The van der Waals surface area contributed by atoms with Crippen molar-refractivity contribution in [2.75, 3.05) is 44.2 Å². The van der Waals surface area contributed by atoms with Crippen LogP contribution in [0.3, 0.4) is 0 Å². The number of halogens is 1. The van der Waals surface area contributed by atoms with E-state index in [1.165, 1.54) is 29.2 Å². The maximum absolute atomic E-state index is 13.5. The summed E-state index contributed by atoms with van der Waals surface area (Å²) >= 11 is 0. The zero-order valence-corrected chi connectivity index (χ0v) is 16.8. The van der Waals surface area contributed by atoms with E-state index in [1.807, 2.05) is 24.0 Å². The van der Waals surface area contributed by atoms with E-state index >= 15 is 0 Å². The Morgan fingerprint density at radius 2 is 1.67 bits per heavy atom. The van der Waals surface area contributed by atoms with Crippen LogP contribution in [0.5, 0.6) is 0 Å². The second-order valence-corrected chi connectivity index (χ2v) is 7.57. The number of β-amino-alcohol motifs (C(OH)–C–C–N with tert-alkyl or cyclic N) is 1. The van der Waals surface area contributed by atoms with E-state index in [2.05, 4.69) is 4.90 Å². The summed E-state index contributed by atoms with van der Waals surface area (Å²) in [6.45, 7) is 5.09. The van der Waals surface area contributed by atoms with Gasteiger partial charge >= 0.3 is 0 Å². The molecule has 0 atom stereocenters. The standard InChI is InChI=1S/C23H24FN3O3/c1-16-3-2-4-19(15-16)27-22(29)20(17-5-7-18(24)8-6-17)21(23(27)30)26-11-9-25(10-12-26)13-14-28/h2-8,15,28H,9-14H2,1H3. The van der Waals surface area contributed by atoms with Gasteiger partial charge in [0.2, 0.25) is 0 Å². The van der Waals surface area contributed by atoms with Crippen molar-refractivity contribution < 1.29 is 19.1 Å². The van der Waals surface area contributed by atoms with Crippen LogP contribution in [-0.2, 0) is 9.59 Å². The van der Waals surface area contributed by atoms with Gasteiger partial charge in [-0.1, -0.05) is 24.3 Å². The van der Waals surface area contributed by atoms with Crippen molar-refractivity contribution in [1.82, 2.24) is 9.80 Å². The van der Waals surface area contributed by atoms with Crippen molar-refractivity contribution in [3.8, 4) is 0 Å². The van der Waals surface area contributed by atoms with Crippen molar-refractivity contribution >= 4 is 23.1 Å². The maximum Gasteiger partial charge on any atom is 0.282 e. The van der Waals surface area contributed by atoms with Crippen LogP contribution >= 0.6 is 0 Å². The first-order chi connectivity index (χ1) is 14.5. The zero-order valence-electron chi connectivity index (χ0n) is 16.8. The molecule has 0 aliphatic carbocycles. The molecule has 2 aliphatic heterocycles. The van der Waals surface area contributed by atoms with Crippen LogP contribution in [0, 0.1) is 12.7 Å². The number of aliphatic hydroxyl groups excluding tert-OH is 1. The number of benzene rings is 2. The number of anilines is 1. The first kappa shape index (κ1) is 20.3. The molecule has 0 bridgehead atoms. The number of aryl methyl sites for hydroxylation is 1. The molecule has 4 rings (SSSR count). The zero-order chi connectivity index (χ0) is 21.3. The number of aliphatic hydroxyl groups is 1. The van der Waals surface area contributed by atoms with Crippen molar-refractivity contribution in [1.29, 1.82) is 0 Å². The summed E-state index contributed by atoms with van der Waals surface area (Å²) in [5.74, 6) is -1.16. The number of rotatable bonds is 5. The third-order valence-corrected chi connectivity index (χ3v) is 5.56. The number of piperazine rings is 1. The fraction of sp³-hybridized carbons (Fsp3) is 0.304. The van der Waals surface area contributed by atoms with Crippen molar-refractivity contribution in [3.63, 3.8) is 0 Å². The molecule has 2 heterocycles. The molecule has 0 saturated carbocycles. The second kappa shape index (κ2) is 8.38. The molecule has 156 valence electrons. The number of amides is 2. The predicted molar refractivity (Wildman–Crippen MR) is 112 cm³/mol. The molecule has 7 heteroatoms. The fourth-order valence-electron chi connectivity index (χ4n) is 4.03. The lowest BCUT2D eigenvalue weighted by Crippen LogP contribution is -2.48. The minimum absolute atomic E-state index is 0.0854. The Kier molecular flexibility index (Phi) is 5.65. The van der Waals surface area contributed by atoms with Crippen molar-refractivity contribution in [2.45, 2.75) is 6.92 Å². The first-order valence-electron chi connectivity index (χ1n) is 10.0. The number of carbonyl (C=O) groups is 2. The second-order valence-electron chi connectivity index (χ2n) is 7.57. The Morgan fingerprint density at radius 3 is 2.30 bits per heavy atom. The number of hydrogen-bond donors (Lipinski definition) is 1. The van der Waals surface area contributed by atoms with Crippen molar-refractivity contribution in [3.05, 3.63) is 71.2 Å². The van der Waals surface area contributed by atoms with E-state index in [0.717, 1.165) is 5.56 Å². The molecule has 2 aliphatic rings. The molecule has 2 aromatic rings. The number of nitrogens with zero attached hydrogens (tertiary/aromatic N) is 3. The molecule has 0 radical (unpaired) electrons. The fourth-order valence-corrected chi connectivity index (χ4v) is 4.03. The van der Waals surface area contributed by atoms with Gasteiger partial charge in [-0.2, -0.15) is 0 Å². The Bertz CT molecular complexity index is 995. The summed E-state index contributed by atoms with van der Waals surface area (Å²) in [5, 5.41) is 9.17. The Labute approximate surface area is 174 Å². The van der Waals surface area contributed by atoms with Gasteiger partial charge in [-0.3, -0.25) is 14.5 Å². The largest absolute Gasteiger partial charge is 0.395 e. The van der Waals surface area contributed by atoms with Gasteiger partial charge in [0.15, 0.2) is 0 Å². The molecule has 0 aromatic heterocycles. The molecule has 0 unspecified atom stereocenters. The average Bonchev–Trinajstić information content (AvgIpc) is 3.00. The summed E-state index contributed by atoms with van der Waals surface area (Å²) in [4.78, 5) is 32.1. The van der Waals surface area contributed by atoms with Crippen LogP contribution in [-0.4, -0.2) is 66.1 Å². The van der Waals surface area contributed by atoms with Gasteiger partial charge in [0.1, 0.15) is 11.5 Å². The van der Waals surface area contributed by atoms with Gasteiger partial charge < -0.3 is 10.0 Å². The molecule has 1 N–H and O–H groups in total. The Hall–Kier alpha value is -3.03. The number of hydrogen-bond acceptors (Lipinski definition) is 5. The van der Waals surface area contributed by atoms with Crippen molar-refractivity contribution in [2.24, 2.45) is 0 Å². The predicted octanol–water partition coefficient (Wildman–Crippen LogP) is 2.03. The van der Waals surface area contributed by atoms with E-state index < -0.39 is 11.7 Å². The molecule has 1 fully saturated rings. The summed E-state index contributed by atoms with van der Waals surface area (Å²) in [6, 6.07) is 12.9. The molecule has 2 amide bonds. The van der Waals surface area contributed by atoms with E-state index in [4.69, 9.17) is 5.11 Å². The average molecular weight is 409 g/mol. The lowest BCUT2D eigenvalue weighted by atomic mass is 10.0. The topological polar surface area (TPSA) is 64.1 Å². The summed E-state index contributed by atoms with van der Waals surface area (Å²) in [6.07, 6.45) is 0. The van der Waals surface area contributed by atoms with E-state index in [-0.39, 0.29) is 12.5 Å². The Morgan fingerprint density at radius 1 is 0.967 bits per heavy atom. The molecule has 1 saturated heterocycles. The molecular weight excluding hydrogens is 385 g/mol. The van der Waals surface area contributed by atoms with Gasteiger partial charge in [-0.25, -0.2) is 9.29 Å². The summed E-state index contributed by atoms with van der Waals surface area (Å²) in [7, 11) is 0. The van der Waals surface area contributed by atoms with Gasteiger partial charge in [-0.15, -0.1) is 0 Å². The van der Waals surface area contributed by atoms with Crippen LogP contribution in [0.2, 0.25) is 0 Å². The van der Waals surface area contributed by atoms with E-state index in [9.17, 15) is 14.0 Å². The highest BCUT2D eigenvalue weighted by Gasteiger charge is 2.43. The van der Waals surface area contributed by atoms with E-state index in [1.54, 1.807) is 12.1 Å². The molecule has 2 aromatic carbocycles. The highest BCUT2D eigenvalue weighted by molar-refractivity contribution is 6.45. The third-order valence-electron chi connectivity index (χ3n) is 5.56. The molecular formula is C23H24FN3O3. The molecule has 6 nitrogen and oxygen atoms in total. The van der Waals surface area contributed by atoms with Crippen LogP contribution in [0.25, 0.3) is 5.57 Å². The smallest absolute Gasteiger partial charge is 0.282 e. The highest BCUT2D eigenvalue weighted by atomic mass is 19.1. The maximum atomic E-state index is 13.5. The van der Waals surface area contributed by atoms with E-state index in [0.29, 0.717) is 55.2 Å². The normalized spacial score (nSPS) is 18.0. The minimum Gasteiger partial charge on any atom is -0.395 e. The summed E-state index contributed by atoms with van der Waals surface area (Å²) < 4.78 is 13.5. The van der Waals surface area contributed by atoms with Gasteiger partial charge in [0, 0.05) is 32.7 Å². The van der Waals surface area contributed by atoms with Gasteiger partial charge in [0.05, 0.1) is 17.9 Å². The number of imide groups is 1. The molecule has 30 heavy (non-hydrogen) atoms. The quantitative estimate of drug-likeness (QED) is 0.766. The summed E-state index contributed by atoms with van der Waals surface area (Å²) in [5.41, 5.74) is 2.66. The monoisotopic (exact) mass is 409 g/mol. The lowest BCUT2D eigenvalue weighted by molar-refractivity contribution is -0.120. The van der Waals surface area contributed by atoms with Gasteiger partial charge in [0.25, 0.3) is 11.8 Å². The molecule has 0 spiro atoms. The van der Waals surface area contributed by atoms with Crippen LogP contribution in [0.1, 0.15) is 11.1 Å². The SMILES string of the molecule is Cc1cccc(N2C(=O)C(c3ccc(F)cc3)=C(N3CCN(CCO)CC3)C2=O)c1. The first-order valence-corrected chi connectivity index (χ1v) is 10.0. The van der Waals surface area contributed by atoms with Crippen LogP contribution in [0.4, 0.5) is 10.1 Å². The lowest BCUT2D eigenvalue weighted by Gasteiger charge is -2.36.